The van der Waals surface area contributed by atoms with Crippen molar-refractivity contribution in [3.05, 3.63) is 49.6 Å². The lowest BCUT2D eigenvalue weighted by Crippen LogP contribution is -2.23. The fourth-order valence-electron chi connectivity index (χ4n) is 2.62. The van der Waals surface area contributed by atoms with Gasteiger partial charge in [0.25, 0.3) is 5.56 Å². The van der Waals surface area contributed by atoms with Crippen LogP contribution in [0.25, 0.3) is 0 Å². The molecular formula is C18H21FIN3OS. The Balaban J connectivity index is 2.03. The normalized spacial score (nSPS) is 15.2. The molecule has 2 N–H and O–H groups in total. The molecule has 1 fully saturated rings. The predicted octanol–water partition coefficient (Wildman–Crippen LogP) is 4.76. The van der Waals surface area contributed by atoms with Crippen LogP contribution in [-0.2, 0) is 7.05 Å². The third-order valence-corrected chi connectivity index (χ3v) is 6.97. The molecule has 134 valence electrons. The van der Waals surface area contributed by atoms with Gasteiger partial charge in [0.05, 0.1) is 11.4 Å². The van der Waals surface area contributed by atoms with E-state index < -0.39 is 0 Å². The van der Waals surface area contributed by atoms with Crippen LogP contribution in [0.4, 0.5) is 21.6 Å². The number of aromatic nitrogens is 1. The van der Waals surface area contributed by atoms with Gasteiger partial charge < -0.3 is 10.0 Å². The number of nitrogens with zero attached hydrogens (tertiary/aromatic N) is 1. The quantitative estimate of drug-likeness (QED) is 0.486. The van der Waals surface area contributed by atoms with Crippen molar-refractivity contribution < 1.29 is 4.39 Å². The molecule has 1 aromatic carbocycles. The lowest BCUT2D eigenvalue weighted by atomic mass is 10.2. The highest BCUT2D eigenvalue weighted by Gasteiger charge is 2.25. The Morgan fingerprint density at radius 2 is 2.04 bits per heavy atom. The van der Waals surface area contributed by atoms with E-state index >= 15 is 0 Å². The minimum atomic E-state index is -0.339. The van der Waals surface area contributed by atoms with Gasteiger partial charge in [-0.05, 0) is 78.9 Å². The van der Waals surface area contributed by atoms with Crippen LogP contribution in [0.2, 0.25) is 0 Å². The molecule has 0 spiro atoms. The van der Waals surface area contributed by atoms with Gasteiger partial charge in [0.1, 0.15) is 11.6 Å². The van der Waals surface area contributed by atoms with Gasteiger partial charge in [0.2, 0.25) is 0 Å². The predicted molar refractivity (Wildman–Crippen MR) is 115 cm³/mol. The number of aryl methyl sites for hydroxylation is 1. The Morgan fingerprint density at radius 3 is 2.64 bits per heavy atom. The average Bonchev–Trinajstić information content (AvgIpc) is 3.40. The van der Waals surface area contributed by atoms with Gasteiger partial charge in [-0.15, -0.1) is 0 Å². The van der Waals surface area contributed by atoms with Gasteiger partial charge in [-0.25, -0.2) is 4.39 Å². The number of halogens is 2. The second kappa shape index (κ2) is 7.49. The number of anilines is 3. The average molecular weight is 473 g/mol. The highest BCUT2D eigenvalue weighted by molar-refractivity contribution is 14.1. The molecule has 0 aliphatic heterocycles. The first kappa shape index (κ1) is 18.4. The molecule has 0 amide bonds. The fourth-order valence-corrected chi connectivity index (χ4v) is 4.80. The van der Waals surface area contributed by atoms with Gasteiger partial charge in [0, 0.05) is 21.4 Å². The zero-order valence-corrected chi connectivity index (χ0v) is 17.4. The van der Waals surface area contributed by atoms with Gasteiger partial charge in [-0.3, -0.25) is 9.36 Å². The zero-order chi connectivity index (χ0) is 18.1. The Hall–Kier alpha value is -1.35. The summed E-state index contributed by atoms with van der Waals surface area (Å²) in [6.45, 7) is 3.85. The first-order chi connectivity index (χ1) is 11.9. The van der Waals surface area contributed by atoms with E-state index in [0.29, 0.717) is 22.3 Å². The molecule has 0 radical (unpaired) electrons. The monoisotopic (exact) mass is 473 g/mol. The maximum Gasteiger partial charge on any atom is 0.254 e. The van der Waals surface area contributed by atoms with E-state index in [-0.39, 0.29) is 22.0 Å². The first-order valence-electron chi connectivity index (χ1n) is 8.11. The van der Waals surface area contributed by atoms with Gasteiger partial charge >= 0.3 is 0 Å². The van der Waals surface area contributed by atoms with Crippen LogP contribution in [-0.4, -0.2) is 15.2 Å². The van der Waals surface area contributed by atoms with Gasteiger partial charge in [-0.1, -0.05) is 10.7 Å². The van der Waals surface area contributed by atoms with Crippen LogP contribution >= 0.6 is 33.3 Å². The van der Waals surface area contributed by atoms with Crippen LogP contribution in [0.15, 0.2) is 29.1 Å². The highest BCUT2D eigenvalue weighted by atomic mass is 127. The number of pyridine rings is 1. The first-order valence-corrected chi connectivity index (χ1v) is 10.5. The van der Waals surface area contributed by atoms with Crippen LogP contribution < -0.4 is 15.6 Å². The summed E-state index contributed by atoms with van der Waals surface area (Å²) in [4.78, 5) is 12.4. The second-order valence-corrected chi connectivity index (χ2v) is 9.44. The van der Waals surface area contributed by atoms with E-state index in [2.05, 4.69) is 44.9 Å². The van der Waals surface area contributed by atoms with E-state index in [4.69, 9.17) is 0 Å². The smallest absolute Gasteiger partial charge is 0.254 e. The maximum absolute atomic E-state index is 14.3. The number of hydrogen-bond donors (Lipinski definition) is 2. The van der Waals surface area contributed by atoms with Gasteiger partial charge in [0.15, 0.2) is 0 Å². The lowest BCUT2D eigenvalue weighted by Gasteiger charge is -2.20. The van der Waals surface area contributed by atoms with E-state index in [1.807, 2.05) is 12.1 Å². The summed E-state index contributed by atoms with van der Waals surface area (Å²) >= 11 is 2.07. The molecule has 1 saturated carbocycles. The molecule has 0 bridgehead atoms. The molecule has 25 heavy (non-hydrogen) atoms. The minimum absolute atomic E-state index is 0.0488. The number of hydrogen-bond acceptors (Lipinski definition) is 3. The Morgan fingerprint density at radius 1 is 1.32 bits per heavy atom. The van der Waals surface area contributed by atoms with Gasteiger partial charge in [-0.2, -0.15) is 0 Å². The maximum atomic E-state index is 14.3. The Kier molecular flexibility index (Phi) is 5.52. The van der Waals surface area contributed by atoms with E-state index in [0.717, 1.165) is 9.26 Å². The summed E-state index contributed by atoms with van der Waals surface area (Å²) in [5.41, 5.74) is 1.75. The number of nitrogens with one attached hydrogen (secondary N) is 2. The van der Waals surface area contributed by atoms with Crippen molar-refractivity contribution in [3.63, 3.8) is 0 Å². The molecular weight excluding hydrogens is 452 g/mol. The zero-order valence-electron chi connectivity index (χ0n) is 14.4. The second-order valence-electron chi connectivity index (χ2n) is 6.11. The summed E-state index contributed by atoms with van der Waals surface area (Å²) < 4.78 is 20.2. The molecule has 1 aromatic heterocycles. The third kappa shape index (κ3) is 4.08. The molecule has 3 rings (SSSR count). The molecule has 4 nitrogen and oxygen atoms in total. The standard InChI is InChI=1S/C18H21FIN3OS/c1-4-25(13-6-7-13)22-16-9-11(2)18(24)23(3)17(16)21-15-8-5-12(20)10-14(15)19/h4-5,8-10,13,21-22H,6-7H2,1-3H3. The molecule has 0 saturated heterocycles. The van der Waals surface area contributed by atoms with Crippen molar-refractivity contribution in [3.8, 4) is 0 Å². The van der Waals surface area contributed by atoms with Crippen molar-refractivity contribution in [2.75, 3.05) is 10.0 Å². The molecule has 1 heterocycles. The van der Waals surface area contributed by atoms with Crippen LogP contribution in [0, 0.1) is 16.3 Å². The van der Waals surface area contributed by atoms with Crippen LogP contribution in [0.1, 0.15) is 25.3 Å². The van der Waals surface area contributed by atoms with Crippen molar-refractivity contribution in [1.29, 1.82) is 0 Å². The van der Waals surface area contributed by atoms with Crippen molar-refractivity contribution >= 4 is 55.8 Å². The summed E-state index contributed by atoms with van der Waals surface area (Å²) in [6, 6.07) is 6.84. The fraction of sp³-hybridized carbons (Fsp3) is 0.333. The largest absolute Gasteiger partial charge is 0.337 e. The molecule has 1 atom stereocenters. The van der Waals surface area contributed by atoms with Crippen molar-refractivity contribution in [1.82, 2.24) is 4.57 Å². The van der Waals surface area contributed by atoms with Crippen molar-refractivity contribution in [2.24, 2.45) is 7.05 Å². The SMILES string of the molecule is C/C=S(/Nc1cc(C)c(=O)n(C)c1Nc1ccc(I)cc1F)C1CC1. The highest BCUT2D eigenvalue weighted by Crippen LogP contribution is 2.41. The molecule has 1 unspecified atom stereocenters. The molecule has 7 heteroatoms. The van der Waals surface area contributed by atoms with E-state index in [1.54, 1.807) is 24.6 Å². The lowest BCUT2D eigenvalue weighted by molar-refractivity contribution is 0.630. The third-order valence-electron chi connectivity index (χ3n) is 4.14. The molecule has 1 aliphatic carbocycles. The summed E-state index contributed by atoms with van der Waals surface area (Å²) in [5, 5.41) is 5.94. The van der Waals surface area contributed by atoms with Crippen molar-refractivity contribution in [2.45, 2.75) is 31.9 Å². The molecule has 1 aliphatic rings. The van der Waals surface area contributed by atoms with Crippen LogP contribution in [0.3, 0.4) is 0 Å². The Bertz CT molecular complexity index is 906. The topological polar surface area (TPSA) is 46.1 Å². The summed E-state index contributed by atoms with van der Waals surface area (Å²) in [6.07, 6.45) is 2.44. The summed E-state index contributed by atoms with van der Waals surface area (Å²) in [5.74, 6) is 0.241. The molecule has 2 aromatic rings. The van der Waals surface area contributed by atoms with E-state index in [9.17, 15) is 9.18 Å². The number of rotatable bonds is 5. The number of benzene rings is 1. The van der Waals surface area contributed by atoms with Crippen LogP contribution in [0.5, 0.6) is 0 Å². The Labute approximate surface area is 163 Å². The summed E-state index contributed by atoms with van der Waals surface area (Å²) in [7, 11) is 1.66. The minimum Gasteiger partial charge on any atom is -0.337 e. The van der Waals surface area contributed by atoms with E-state index in [1.165, 1.54) is 18.9 Å².